The fourth-order valence-electron chi connectivity index (χ4n) is 1.43. The Kier molecular flexibility index (Phi) is 4.66. The number of benzene rings is 1. The van der Waals surface area contributed by atoms with Crippen LogP contribution >= 0.6 is 0 Å². The van der Waals surface area contributed by atoms with Crippen molar-refractivity contribution in [2.75, 3.05) is 19.4 Å². The highest BCUT2D eigenvalue weighted by molar-refractivity contribution is 6.01. The summed E-state index contributed by atoms with van der Waals surface area (Å²) in [6.07, 6.45) is 1.51. The lowest BCUT2D eigenvalue weighted by Gasteiger charge is -2.11. The third kappa shape index (κ3) is 4.05. The van der Waals surface area contributed by atoms with Crippen molar-refractivity contribution in [1.82, 2.24) is 4.90 Å². The van der Waals surface area contributed by atoms with E-state index >= 15 is 0 Å². The Morgan fingerprint density at radius 2 is 1.89 bits per heavy atom. The Bertz CT molecular complexity index is 486. The second-order valence-electron chi connectivity index (χ2n) is 4.49. The van der Waals surface area contributed by atoms with E-state index in [-0.39, 0.29) is 11.8 Å². The summed E-state index contributed by atoms with van der Waals surface area (Å²) in [5.74, 6) is -0.280. The molecule has 1 aromatic rings. The van der Waals surface area contributed by atoms with Crippen molar-refractivity contribution in [1.29, 1.82) is 0 Å². The summed E-state index contributed by atoms with van der Waals surface area (Å²) in [7, 11) is 3.38. The summed E-state index contributed by atoms with van der Waals surface area (Å²) in [5, 5.41) is 2.72. The van der Waals surface area contributed by atoms with Gasteiger partial charge in [-0.25, -0.2) is 0 Å². The standard InChI is InChI=1S/C14H18N2O2/c1-10(2)8-13(17)15-12-7-5-6-11(9-12)14(18)16(3)4/h5-9H,1-4H3,(H,15,17). The first-order valence-corrected chi connectivity index (χ1v) is 5.67. The zero-order valence-corrected chi connectivity index (χ0v) is 11.2. The summed E-state index contributed by atoms with van der Waals surface area (Å²) in [6, 6.07) is 6.88. The molecule has 0 saturated carbocycles. The number of nitrogens with one attached hydrogen (secondary N) is 1. The van der Waals surface area contributed by atoms with Gasteiger partial charge in [0.2, 0.25) is 5.91 Å². The second-order valence-corrected chi connectivity index (χ2v) is 4.49. The third-order valence-electron chi connectivity index (χ3n) is 2.20. The first-order chi connectivity index (χ1) is 8.40. The van der Waals surface area contributed by atoms with Crippen molar-refractivity contribution in [2.24, 2.45) is 0 Å². The predicted molar refractivity (Wildman–Crippen MR) is 72.5 cm³/mol. The molecular formula is C14H18N2O2. The topological polar surface area (TPSA) is 49.4 Å². The van der Waals surface area contributed by atoms with Gasteiger partial charge in [0.1, 0.15) is 0 Å². The summed E-state index contributed by atoms with van der Waals surface area (Å²) in [5.41, 5.74) is 2.09. The van der Waals surface area contributed by atoms with Crippen molar-refractivity contribution >= 4 is 17.5 Å². The highest BCUT2D eigenvalue weighted by atomic mass is 16.2. The first-order valence-electron chi connectivity index (χ1n) is 5.67. The predicted octanol–water partition coefficient (Wildman–Crippen LogP) is 2.29. The van der Waals surface area contributed by atoms with E-state index in [9.17, 15) is 9.59 Å². The van der Waals surface area contributed by atoms with Crippen LogP contribution in [0.15, 0.2) is 35.9 Å². The van der Waals surface area contributed by atoms with Gasteiger partial charge in [0, 0.05) is 31.4 Å². The van der Waals surface area contributed by atoms with Crippen LogP contribution in [0.25, 0.3) is 0 Å². The molecule has 18 heavy (non-hydrogen) atoms. The molecule has 0 atom stereocenters. The Morgan fingerprint density at radius 3 is 2.44 bits per heavy atom. The fraction of sp³-hybridized carbons (Fsp3) is 0.286. The molecule has 0 aliphatic carbocycles. The zero-order valence-electron chi connectivity index (χ0n) is 11.2. The number of allylic oxidation sites excluding steroid dienone is 1. The summed E-state index contributed by atoms with van der Waals surface area (Å²) < 4.78 is 0. The molecule has 0 saturated heterocycles. The number of carbonyl (C=O) groups excluding carboxylic acids is 2. The lowest BCUT2D eigenvalue weighted by Crippen LogP contribution is -2.21. The Hall–Kier alpha value is -2.10. The summed E-state index contributed by atoms with van der Waals surface area (Å²) in [6.45, 7) is 3.71. The maximum atomic E-state index is 11.8. The van der Waals surface area contributed by atoms with Crippen LogP contribution in [0, 0.1) is 0 Å². The highest BCUT2D eigenvalue weighted by Crippen LogP contribution is 2.12. The van der Waals surface area contributed by atoms with Crippen molar-refractivity contribution < 1.29 is 9.59 Å². The highest BCUT2D eigenvalue weighted by Gasteiger charge is 2.08. The van der Waals surface area contributed by atoms with Gasteiger partial charge >= 0.3 is 0 Å². The van der Waals surface area contributed by atoms with E-state index in [2.05, 4.69) is 5.32 Å². The van der Waals surface area contributed by atoms with Gasteiger partial charge < -0.3 is 10.2 Å². The number of rotatable bonds is 3. The molecule has 4 heteroatoms. The minimum absolute atomic E-state index is 0.0895. The monoisotopic (exact) mass is 246 g/mol. The largest absolute Gasteiger partial charge is 0.345 e. The van der Waals surface area contributed by atoms with Crippen molar-refractivity contribution in [2.45, 2.75) is 13.8 Å². The van der Waals surface area contributed by atoms with Gasteiger partial charge in [-0.3, -0.25) is 9.59 Å². The van der Waals surface area contributed by atoms with Crippen LogP contribution in [0.3, 0.4) is 0 Å². The van der Waals surface area contributed by atoms with Crippen LogP contribution in [-0.4, -0.2) is 30.8 Å². The van der Waals surface area contributed by atoms with E-state index in [4.69, 9.17) is 0 Å². The number of hydrogen-bond acceptors (Lipinski definition) is 2. The maximum Gasteiger partial charge on any atom is 0.253 e. The molecule has 0 fully saturated rings. The number of hydrogen-bond donors (Lipinski definition) is 1. The molecule has 0 radical (unpaired) electrons. The van der Waals surface area contributed by atoms with Gasteiger partial charge in [0.25, 0.3) is 5.91 Å². The maximum absolute atomic E-state index is 11.8. The van der Waals surface area contributed by atoms with Gasteiger partial charge in [-0.2, -0.15) is 0 Å². The molecule has 0 aliphatic rings. The molecule has 1 rings (SSSR count). The molecule has 0 bridgehead atoms. The van der Waals surface area contributed by atoms with Gasteiger partial charge in [0.15, 0.2) is 0 Å². The molecule has 0 unspecified atom stereocenters. The van der Waals surface area contributed by atoms with Gasteiger partial charge in [-0.1, -0.05) is 11.6 Å². The van der Waals surface area contributed by atoms with E-state index in [1.54, 1.807) is 38.4 Å². The Morgan fingerprint density at radius 1 is 1.22 bits per heavy atom. The van der Waals surface area contributed by atoms with E-state index in [1.807, 2.05) is 13.8 Å². The minimum Gasteiger partial charge on any atom is -0.345 e. The molecule has 0 aromatic heterocycles. The average Bonchev–Trinajstić information content (AvgIpc) is 2.26. The van der Waals surface area contributed by atoms with Gasteiger partial charge in [0.05, 0.1) is 0 Å². The molecule has 1 N–H and O–H groups in total. The fourth-order valence-corrected chi connectivity index (χ4v) is 1.43. The molecule has 0 spiro atoms. The second kappa shape index (κ2) is 6.00. The van der Waals surface area contributed by atoms with Crippen molar-refractivity contribution in [3.63, 3.8) is 0 Å². The molecule has 0 heterocycles. The van der Waals surface area contributed by atoms with Gasteiger partial charge in [-0.15, -0.1) is 0 Å². The van der Waals surface area contributed by atoms with Crippen LogP contribution in [-0.2, 0) is 4.79 Å². The van der Waals surface area contributed by atoms with Crippen LogP contribution in [0.2, 0.25) is 0 Å². The van der Waals surface area contributed by atoms with Crippen molar-refractivity contribution in [3.05, 3.63) is 41.5 Å². The molecule has 1 aromatic carbocycles. The van der Waals surface area contributed by atoms with E-state index in [0.717, 1.165) is 5.57 Å². The van der Waals surface area contributed by atoms with Crippen LogP contribution in [0.5, 0.6) is 0 Å². The molecular weight excluding hydrogens is 228 g/mol. The SMILES string of the molecule is CC(C)=CC(=O)Nc1cccc(C(=O)N(C)C)c1. The van der Waals surface area contributed by atoms with E-state index in [0.29, 0.717) is 11.3 Å². The molecule has 0 aliphatic heterocycles. The zero-order chi connectivity index (χ0) is 13.7. The quantitative estimate of drug-likeness (QED) is 0.832. The minimum atomic E-state index is -0.190. The van der Waals surface area contributed by atoms with Crippen LogP contribution in [0.1, 0.15) is 24.2 Å². The Labute approximate surface area is 107 Å². The molecule has 4 nitrogen and oxygen atoms in total. The van der Waals surface area contributed by atoms with Crippen LogP contribution < -0.4 is 5.32 Å². The number of amides is 2. The first kappa shape index (κ1) is 14.0. The van der Waals surface area contributed by atoms with Crippen molar-refractivity contribution in [3.8, 4) is 0 Å². The number of nitrogens with zero attached hydrogens (tertiary/aromatic N) is 1. The molecule has 96 valence electrons. The summed E-state index contributed by atoms with van der Waals surface area (Å²) in [4.78, 5) is 24.8. The average molecular weight is 246 g/mol. The number of anilines is 1. The number of carbonyl (C=O) groups is 2. The van der Waals surface area contributed by atoms with E-state index in [1.165, 1.54) is 11.0 Å². The van der Waals surface area contributed by atoms with Crippen LogP contribution in [0.4, 0.5) is 5.69 Å². The smallest absolute Gasteiger partial charge is 0.253 e. The summed E-state index contributed by atoms with van der Waals surface area (Å²) >= 11 is 0. The Balaban J connectivity index is 2.86. The molecule has 2 amide bonds. The lowest BCUT2D eigenvalue weighted by molar-refractivity contribution is -0.111. The normalized spacial score (nSPS) is 9.56. The lowest BCUT2D eigenvalue weighted by atomic mass is 10.2. The van der Waals surface area contributed by atoms with E-state index < -0.39 is 0 Å². The van der Waals surface area contributed by atoms with Gasteiger partial charge in [-0.05, 0) is 32.0 Å². The third-order valence-corrected chi connectivity index (χ3v) is 2.20.